The summed E-state index contributed by atoms with van der Waals surface area (Å²) in [5.74, 6) is 0. The molecule has 1 N–H and O–H groups in total. The van der Waals surface area contributed by atoms with Gasteiger partial charge in [0.2, 0.25) is 0 Å². The standard InChI is InChI=1S/C17H16N2/c1-2-6-15-13(5-1)11-14-12-18-8-7-16(14)17(15)19-9-3-4-10-19/h1-6,9-11,18H,7-8,12H2. The van der Waals surface area contributed by atoms with Crippen LogP contribution in [0.3, 0.4) is 0 Å². The fraction of sp³-hybridized carbons (Fsp3) is 0.176. The van der Waals surface area contributed by atoms with Crippen LogP contribution >= 0.6 is 0 Å². The summed E-state index contributed by atoms with van der Waals surface area (Å²) < 4.78 is 2.26. The highest BCUT2D eigenvalue weighted by Crippen LogP contribution is 2.31. The normalized spacial score (nSPS) is 14.5. The van der Waals surface area contributed by atoms with Gasteiger partial charge in [0.15, 0.2) is 0 Å². The van der Waals surface area contributed by atoms with Gasteiger partial charge in [0.1, 0.15) is 0 Å². The first-order chi connectivity index (χ1) is 9.43. The van der Waals surface area contributed by atoms with Crippen molar-refractivity contribution in [3.8, 4) is 5.69 Å². The van der Waals surface area contributed by atoms with E-state index in [1.807, 2.05) is 0 Å². The molecule has 0 unspecified atom stereocenters. The second-order valence-electron chi connectivity index (χ2n) is 5.10. The van der Waals surface area contributed by atoms with Crippen LogP contribution in [-0.2, 0) is 13.0 Å². The summed E-state index contributed by atoms with van der Waals surface area (Å²) in [6.45, 7) is 2.05. The van der Waals surface area contributed by atoms with Crippen LogP contribution in [0.5, 0.6) is 0 Å². The molecule has 0 spiro atoms. The third kappa shape index (κ3) is 1.68. The molecule has 1 aliphatic rings. The summed E-state index contributed by atoms with van der Waals surface area (Å²) in [6, 6.07) is 15.2. The first kappa shape index (κ1) is 10.8. The van der Waals surface area contributed by atoms with Crippen molar-refractivity contribution in [2.75, 3.05) is 6.54 Å². The zero-order valence-corrected chi connectivity index (χ0v) is 10.8. The molecule has 2 nitrogen and oxygen atoms in total. The van der Waals surface area contributed by atoms with Crippen LogP contribution in [0.4, 0.5) is 0 Å². The van der Waals surface area contributed by atoms with Crippen LogP contribution in [0.2, 0.25) is 0 Å². The lowest BCUT2D eigenvalue weighted by Gasteiger charge is -2.23. The molecule has 19 heavy (non-hydrogen) atoms. The smallest absolute Gasteiger partial charge is 0.0563 e. The molecule has 1 aromatic heterocycles. The average molecular weight is 248 g/mol. The molecule has 0 atom stereocenters. The van der Waals surface area contributed by atoms with E-state index in [0.29, 0.717) is 0 Å². The Morgan fingerprint density at radius 3 is 2.74 bits per heavy atom. The molecule has 1 aliphatic heterocycles. The Balaban J connectivity index is 2.12. The summed E-state index contributed by atoms with van der Waals surface area (Å²) in [6.07, 6.45) is 5.39. The number of nitrogens with zero attached hydrogens (tertiary/aromatic N) is 1. The molecule has 2 heteroatoms. The molecule has 94 valence electrons. The SMILES string of the molecule is c1ccc2c(-n3cccc3)c3c(cc2c1)CNCC3. The Labute approximate surface area is 112 Å². The van der Waals surface area contributed by atoms with Crippen LogP contribution in [0.1, 0.15) is 11.1 Å². The maximum atomic E-state index is 3.47. The molecule has 2 aromatic carbocycles. The number of aromatic nitrogens is 1. The van der Waals surface area contributed by atoms with Crippen LogP contribution < -0.4 is 5.32 Å². The Morgan fingerprint density at radius 1 is 1.00 bits per heavy atom. The van der Waals surface area contributed by atoms with Crippen molar-refractivity contribution in [1.82, 2.24) is 9.88 Å². The van der Waals surface area contributed by atoms with Gasteiger partial charge in [-0.05, 0) is 47.7 Å². The minimum absolute atomic E-state index is 0.981. The average Bonchev–Trinajstić information content (AvgIpc) is 2.98. The highest BCUT2D eigenvalue weighted by Gasteiger charge is 2.16. The van der Waals surface area contributed by atoms with Gasteiger partial charge in [0.25, 0.3) is 0 Å². The molecule has 0 radical (unpaired) electrons. The number of hydrogen-bond acceptors (Lipinski definition) is 1. The van der Waals surface area contributed by atoms with Gasteiger partial charge in [0.05, 0.1) is 5.69 Å². The van der Waals surface area contributed by atoms with E-state index in [2.05, 4.69) is 64.7 Å². The van der Waals surface area contributed by atoms with Gasteiger partial charge in [-0.15, -0.1) is 0 Å². The molecule has 2 heterocycles. The maximum absolute atomic E-state index is 3.47. The van der Waals surface area contributed by atoms with Crippen LogP contribution in [-0.4, -0.2) is 11.1 Å². The van der Waals surface area contributed by atoms with Crippen LogP contribution in [0, 0.1) is 0 Å². The predicted octanol–water partition coefficient (Wildman–Crippen LogP) is 3.28. The Kier molecular flexibility index (Phi) is 2.42. The zero-order valence-electron chi connectivity index (χ0n) is 10.8. The number of fused-ring (bicyclic) bond motifs is 2. The van der Waals surface area contributed by atoms with Crippen molar-refractivity contribution >= 4 is 10.8 Å². The molecule has 4 rings (SSSR count). The fourth-order valence-corrected chi connectivity index (χ4v) is 3.08. The van der Waals surface area contributed by atoms with Crippen molar-refractivity contribution in [3.05, 3.63) is 66.0 Å². The van der Waals surface area contributed by atoms with Crippen molar-refractivity contribution in [2.24, 2.45) is 0 Å². The highest BCUT2D eigenvalue weighted by molar-refractivity contribution is 5.92. The number of rotatable bonds is 1. The minimum Gasteiger partial charge on any atom is -0.323 e. The van der Waals surface area contributed by atoms with Crippen LogP contribution in [0.25, 0.3) is 16.5 Å². The maximum Gasteiger partial charge on any atom is 0.0563 e. The van der Waals surface area contributed by atoms with E-state index in [9.17, 15) is 0 Å². The van der Waals surface area contributed by atoms with Crippen molar-refractivity contribution in [2.45, 2.75) is 13.0 Å². The molecule has 0 fully saturated rings. The lowest BCUT2D eigenvalue weighted by Crippen LogP contribution is -2.24. The van der Waals surface area contributed by atoms with Crippen LogP contribution in [0.15, 0.2) is 54.9 Å². The molecule has 0 saturated heterocycles. The number of benzene rings is 2. The van der Waals surface area contributed by atoms with E-state index in [4.69, 9.17) is 0 Å². The van der Waals surface area contributed by atoms with Gasteiger partial charge in [-0.2, -0.15) is 0 Å². The summed E-state index contributed by atoms with van der Waals surface area (Å²) in [7, 11) is 0. The van der Waals surface area contributed by atoms with Crippen molar-refractivity contribution in [3.63, 3.8) is 0 Å². The lowest BCUT2D eigenvalue weighted by atomic mass is 9.93. The minimum atomic E-state index is 0.981. The van der Waals surface area contributed by atoms with Gasteiger partial charge < -0.3 is 9.88 Å². The number of hydrogen-bond donors (Lipinski definition) is 1. The van der Waals surface area contributed by atoms with E-state index in [1.54, 1.807) is 0 Å². The van der Waals surface area contributed by atoms with Gasteiger partial charge in [-0.3, -0.25) is 0 Å². The highest BCUT2D eigenvalue weighted by atomic mass is 15.0. The monoisotopic (exact) mass is 248 g/mol. The molecular formula is C17H16N2. The predicted molar refractivity (Wildman–Crippen MR) is 78.7 cm³/mol. The first-order valence-corrected chi connectivity index (χ1v) is 6.81. The zero-order chi connectivity index (χ0) is 12.7. The number of nitrogens with one attached hydrogen (secondary N) is 1. The summed E-state index contributed by atoms with van der Waals surface area (Å²) in [4.78, 5) is 0. The van der Waals surface area contributed by atoms with Crippen molar-refractivity contribution in [1.29, 1.82) is 0 Å². The molecule has 0 saturated carbocycles. The molecule has 3 aromatic rings. The Bertz CT molecular complexity index is 726. The molecule has 0 bridgehead atoms. The summed E-state index contributed by atoms with van der Waals surface area (Å²) in [5.41, 5.74) is 4.29. The fourth-order valence-electron chi connectivity index (χ4n) is 3.08. The Morgan fingerprint density at radius 2 is 1.84 bits per heavy atom. The van der Waals surface area contributed by atoms with Gasteiger partial charge >= 0.3 is 0 Å². The quantitative estimate of drug-likeness (QED) is 0.699. The second-order valence-corrected chi connectivity index (χ2v) is 5.10. The second kappa shape index (κ2) is 4.25. The molecular weight excluding hydrogens is 232 g/mol. The molecule has 0 amide bonds. The van der Waals surface area contributed by atoms with E-state index in [-0.39, 0.29) is 0 Å². The van der Waals surface area contributed by atoms with E-state index in [0.717, 1.165) is 19.5 Å². The largest absolute Gasteiger partial charge is 0.323 e. The lowest BCUT2D eigenvalue weighted by molar-refractivity contribution is 0.642. The van der Waals surface area contributed by atoms with Crippen molar-refractivity contribution < 1.29 is 0 Å². The van der Waals surface area contributed by atoms with E-state index < -0.39 is 0 Å². The summed E-state index contributed by atoms with van der Waals surface area (Å²) >= 11 is 0. The molecule has 0 aliphatic carbocycles. The third-order valence-electron chi connectivity index (χ3n) is 3.95. The first-order valence-electron chi connectivity index (χ1n) is 6.81. The van der Waals surface area contributed by atoms with Gasteiger partial charge in [0, 0.05) is 24.3 Å². The topological polar surface area (TPSA) is 17.0 Å². The van der Waals surface area contributed by atoms with Gasteiger partial charge in [-0.1, -0.05) is 24.3 Å². The van der Waals surface area contributed by atoms with Gasteiger partial charge in [-0.25, -0.2) is 0 Å². The third-order valence-corrected chi connectivity index (χ3v) is 3.95. The van der Waals surface area contributed by atoms with E-state index in [1.165, 1.54) is 27.6 Å². The summed E-state index contributed by atoms with van der Waals surface area (Å²) in [5, 5.41) is 6.14. The Hall–Kier alpha value is -2.06. The van der Waals surface area contributed by atoms with E-state index >= 15 is 0 Å².